The van der Waals surface area contributed by atoms with Gasteiger partial charge in [0.2, 0.25) is 11.9 Å². The van der Waals surface area contributed by atoms with Gasteiger partial charge < -0.3 is 26.0 Å². The van der Waals surface area contributed by atoms with Crippen molar-refractivity contribution < 1.29 is 14.3 Å². The number of primary amides is 1. The van der Waals surface area contributed by atoms with Crippen molar-refractivity contribution in [2.45, 2.75) is 39.0 Å². The molecule has 1 aromatic carbocycles. The Bertz CT molecular complexity index is 1470. The van der Waals surface area contributed by atoms with Crippen LogP contribution in [0.25, 0.3) is 16.9 Å². The molecule has 1 fully saturated rings. The van der Waals surface area contributed by atoms with E-state index in [-0.39, 0.29) is 12.4 Å². The number of halogens is 1. The highest BCUT2D eigenvalue weighted by atomic mass is 19.1. The van der Waals surface area contributed by atoms with Crippen molar-refractivity contribution in [1.82, 2.24) is 24.4 Å². The zero-order valence-corrected chi connectivity index (χ0v) is 24.0. The van der Waals surface area contributed by atoms with Crippen LogP contribution in [0, 0.1) is 17.2 Å². The molecule has 218 valence electrons. The van der Waals surface area contributed by atoms with E-state index in [9.17, 15) is 14.3 Å². The molecule has 41 heavy (non-hydrogen) atoms. The zero-order chi connectivity index (χ0) is 29.1. The first-order chi connectivity index (χ1) is 19.7. The van der Waals surface area contributed by atoms with Gasteiger partial charge in [-0.2, -0.15) is 9.97 Å². The molecule has 0 bridgehead atoms. The number of allylic oxidation sites excluding steroid dienone is 3. The number of anilines is 2. The van der Waals surface area contributed by atoms with Gasteiger partial charge in [-0.05, 0) is 82.9 Å². The Kier molecular flexibility index (Phi) is 8.37. The molecule has 1 amide bonds. The molecule has 1 unspecified atom stereocenters. The smallest absolute Gasteiger partial charge is 0.244 e. The number of piperidine rings is 1. The summed E-state index contributed by atoms with van der Waals surface area (Å²) in [5.74, 6) is 0.841. The molecule has 5 rings (SSSR count). The normalized spacial score (nSPS) is 19.9. The minimum atomic E-state index is -0.415. The SMILES string of the molecule is CN(C)CCC1(C)CC(C(N)=O)=CC=C1Nc1nc(N2CCC(CCO)CC2)nc2c1ncn2-c1cccc(F)c1. The van der Waals surface area contributed by atoms with E-state index in [1.54, 1.807) is 23.0 Å². The molecule has 2 aromatic heterocycles. The van der Waals surface area contributed by atoms with Gasteiger partial charge in [-0.1, -0.05) is 19.1 Å². The van der Waals surface area contributed by atoms with Crippen LogP contribution in [0.3, 0.4) is 0 Å². The molecule has 10 nitrogen and oxygen atoms in total. The number of carbonyl (C=O) groups excluding carboxylic acids is 1. The van der Waals surface area contributed by atoms with Gasteiger partial charge in [0.25, 0.3) is 0 Å². The van der Waals surface area contributed by atoms with E-state index in [0.29, 0.717) is 46.5 Å². The van der Waals surface area contributed by atoms with E-state index in [1.807, 2.05) is 26.2 Å². The van der Waals surface area contributed by atoms with Crippen LogP contribution in [0.4, 0.5) is 16.2 Å². The van der Waals surface area contributed by atoms with Crippen LogP contribution in [-0.4, -0.2) is 75.8 Å². The molecule has 1 aliphatic carbocycles. The van der Waals surface area contributed by atoms with Gasteiger partial charge >= 0.3 is 0 Å². The Morgan fingerprint density at radius 2 is 2.02 bits per heavy atom. The summed E-state index contributed by atoms with van der Waals surface area (Å²) in [6.45, 7) is 4.70. The molecule has 11 heteroatoms. The summed E-state index contributed by atoms with van der Waals surface area (Å²) < 4.78 is 15.9. The Morgan fingerprint density at radius 3 is 2.71 bits per heavy atom. The lowest BCUT2D eigenvalue weighted by molar-refractivity contribution is -0.114. The van der Waals surface area contributed by atoms with Crippen LogP contribution in [-0.2, 0) is 4.79 Å². The Labute approximate surface area is 239 Å². The molecule has 4 N–H and O–H groups in total. The molecular weight excluding hydrogens is 523 g/mol. The molecule has 1 aliphatic heterocycles. The minimum Gasteiger partial charge on any atom is -0.396 e. The number of nitrogens with one attached hydrogen (secondary N) is 1. The van der Waals surface area contributed by atoms with Crippen LogP contribution in [0.1, 0.15) is 39.0 Å². The number of hydrogen-bond acceptors (Lipinski definition) is 8. The Morgan fingerprint density at radius 1 is 1.24 bits per heavy atom. The summed E-state index contributed by atoms with van der Waals surface area (Å²) in [6, 6.07) is 6.34. The van der Waals surface area contributed by atoms with Gasteiger partial charge in [0.1, 0.15) is 12.1 Å². The van der Waals surface area contributed by atoms with Gasteiger partial charge in [-0.3, -0.25) is 9.36 Å². The predicted molar refractivity (Wildman–Crippen MR) is 158 cm³/mol. The fourth-order valence-electron chi connectivity index (χ4n) is 5.68. The third-order valence-electron chi connectivity index (χ3n) is 8.27. The number of fused-ring (bicyclic) bond motifs is 1. The van der Waals surface area contributed by atoms with Crippen molar-refractivity contribution in [3.8, 4) is 5.69 Å². The first-order valence-electron chi connectivity index (χ1n) is 14.2. The second-order valence-corrected chi connectivity index (χ2v) is 11.6. The van der Waals surface area contributed by atoms with Gasteiger partial charge in [0, 0.05) is 36.4 Å². The predicted octanol–water partition coefficient (Wildman–Crippen LogP) is 3.62. The van der Waals surface area contributed by atoms with Crippen LogP contribution < -0.4 is 16.0 Å². The highest BCUT2D eigenvalue weighted by Crippen LogP contribution is 2.41. The summed E-state index contributed by atoms with van der Waals surface area (Å²) >= 11 is 0. The number of nitrogens with zero attached hydrogens (tertiary/aromatic N) is 6. The summed E-state index contributed by atoms with van der Waals surface area (Å²) in [5.41, 5.74) is 8.53. The third kappa shape index (κ3) is 6.25. The lowest BCUT2D eigenvalue weighted by Gasteiger charge is -2.36. The first kappa shape index (κ1) is 28.7. The molecular formula is C30H39FN8O2. The standard InChI is InChI=1S/C30H39FN8O2/c1-30(12-15-37(2)3)18-21(26(32)41)7-8-24(30)34-27-25-28(39(19-33-25)23-6-4-5-22(31)17-23)36-29(35-27)38-13-9-20(10-14-38)11-16-40/h4-8,17,19-20,40H,9-16,18H2,1-3H3,(H2,32,41)(H,34,35,36). The summed E-state index contributed by atoms with van der Waals surface area (Å²) in [5, 5.41) is 13.0. The number of aliphatic hydroxyl groups excluding tert-OH is 1. The maximum absolute atomic E-state index is 14.2. The highest BCUT2D eigenvalue weighted by Gasteiger charge is 2.35. The summed E-state index contributed by atoms with van der Waals surface area (Å²) in [7, 11) is 4.05. The van der Waals surface area contributed by atoms with Gasteiger partial charge in [0.15, 0.2) is 17.0 Å². The number of amides is 1. The monoisotopic (exact) mass is 562 g/mol. The Balaban J connectivity index is 1.57. The second kappa shape index (κ2) is 12.0. The van der Waals surface area contributed by atoms with Crippen molar-refractivity contribution in [3.05, 3.63) is 59.8 Å². The van der Waals surface area contributed by atoms with E-state index in [1.165, 1.54) is 12.1 Å². The van der Waals surface area contributed by atoms with E-state index in [0.717, 1.165) is 51.0 Å². The maximum atomic E-state index is 14.2. The largest absolute Gasteiger partial charge is 0.396 e. The number of imidazole rings is 1. The van der Waals surface area contributed by atoms with Crippen molar-refractivity contribution in [2.24, 2.45) is 17.1 Å². The van der Waals surface area contributed by atoms with E-state index in [2.05, 4.69) is 27.0 Å². The van der Waals surface area contributed by atoms with Crippen LogP contribution in [0.2, 0.25) is 0 Å². The number of aliphatic hydroxyl groups is 1. The molecule has 1 atom stereocenters. The quantitative estimate of drug-likeness (QED) is 0.342. The van der Waals surface area contributed by atoms with E-state index < -0.39 is 11.3 Å². The lowest BCUT2D eigenvalue weighted by atomic mass is 9.74. The van der Waals surface area contributed by atoms with Crippen molar-refractivity contribution >= 4 is 28.8 Å². The molecule has 3 aromatic rings. The van der Waals surface area contributed by atoms with E-state index in [4.69, 9.17) is 15.7 Å². The van der Waals surface area contributed by atoms with Crippen LogP contribution in [0.5, 0.6) is 0 Å². The number of rotatable bonds is 10. The van der Waals surface area contributed by atoms with Crippen molar-refractivity contribution in [1.29, 1.82) is 0 Å². The number of hydrogen-bond donors (Lipinski definition) is 3. The molecule has 1 saturated heterocycles. The zero-order valence-electron chi connectivity index (χ0n) is 24.0. The fourth-order valence-corrected chi connectivity index (χ4v) is 5.68. The second-order valence-electron chi connectivity index (χ2n) is 11.6. The first-order valence-corrected chi connectivity index (χ1v) is 14.2. The summed E-state index contributed by atoms with van der Waals surface area (Å²) in [4.78, 5) is 30.9. The number of nitrogens with two attached hydrogens (primary N) is 1. The molecule has 0 radical (unpaired) electrons. The number of benzene rings is 1. The third-order valence-corrected chi connectivity index (χ3v) is 8.27. The van der Waals surface area contributed by atoms with Crippen molar-refractivity contribution in [2.75, 3.05) is 50.6 Å². The maximum Gasteiger partial charge on any atom is 0.244 e. The molecule has 0 spiro atoms. The van der Waals surface area contributed by atoms with Crippen LogP contribution in [0.15, 0.2) is 54.0 Å². The minimum absolute atomic E-state index is 0.196. The lowest BCUT2D eigenvalue weighted by Crippen LogP contribution is -2.35. The Hall–Kier alpha value is -3.83. The number of carbonyl (C=O) groups is 1. The molecule has 2 aliphatic rings. The highest BCUT2D eigenvalue weighted by molar-refractivity contribution is 5.93. The van der Waals surface area contributed by atoms with Gasteiger partial charge in [-0.15, -0.1) is 0 Å². The number of aromatic nitrogens is 4. The topological polar surface area (TPSA) is 125 Å². The van der Waals surface area contributed by atoms with Gasteiger partial charge in [0.05, 0.1) is 5.69 Å². The van der Waals surface area contributed by atoms with Crippen LogP contribution >= 0.6 is 0 Å². The van der Waals surface area contributed by atoms with E-state index >= 15 is 0 Å². The average Bonchev–Trinajstić information content (AvgIpc) is 3.38. The fraction of sp³-hybridized carbons (Fsp3) is 0.467. The summed E-state index contributed by atoms with van der Waals surface area (Å²) in [6.07, 6.45) is 9.32. The molecule has 0 saturated carbocycles. The molecule has 3 heterocycles. The van der Waals surface area contributed by atoms with Gasteiger partial charge in [-0.25, -0.2) is 9.37 Å². The average molecular weight is 563 g/mol. The van der Waals surface area contributed by atoms with Crippen molar-refractivity contribution in [3.63, 3.8) is 0 Å².